The zero-order chi connectivity index (χ0) is 21.8. The molecule has 1 amide bonds. The molecule has 0 radical (unpaired) electrons. The SMILES string of the molecule is COc1cccc(C(=O)N/N=C\c2cc(C)n(-c3ccc(Cl)c(C(=O)O)c3)c2C)c1. The van der Waals surface area contributed by atoms with Crippen molar-refractivity contribution >= 4 is 29.7 Å². The number of hydrogen-bond donors (Lipinski definition) is 2. The Morgan fingerprint density at radius 3 is 2.63 bits per heavy atom. The van der Waals surface area contributed by atoms with Gasteiger partial charge < -0.3 is 14.4 Å². The third-order valence-electron chi connectivity index (χ3n) is 4.61. The number of amides is 1. The van der Waals surface area contributed by atoms with Crippen molar-refractivity contribution in [3.05, 3.63) is 81.6 Å². The predicted molar refractivity (Wildman–Crippen MR) is 115 cm³/mol. The van der Waals surface area contributed by atoms with Gasteiger partial charge >= 0.3 is 5.97 Å². The number of carbonyl (C=O) groups excluding carboxylic acids is 1. The maximum Gasteiger partial charge on any atom is 0.337 e. The second-order valence-electron chi connectivity index (χ2n) is 6.56. The van der Waals surface area contributed by atoms with E-state index in [-0.39, 0.29) is 16.5 Å². The summed E-state index contributed by atoms with van der Waals surface area (Å²) in [5, 5.41) is 13.5. The number of aryl methyl sites for hydroxylation is 1. The van der Waals surface area contributed by atoms with Crippen molar-refractivity contribution in [2.45, 2.75) is 13.8 Å². The standard InChI is InChI=1S/C22H20ClN3O4/c1-13-9-16(12-24-25-21(27)15-5-4-6-18(10-15)30-3)14(2)26(13)17-7-8-20(23)19(11-17)22(28)29/h4-12H,1-3H3,(H,25,27)(H,28,29)/b24-12-. The lowest BCUT2D eigenvalue weighted by Crippen LogP contribution is -2.17. The zero-order valence-electron chi connectivity index (χ0n) is 16.6. The molecular formula is C22H20ClN3O4. The van der Waals surface area contributed by atoms with Gasteiger partial charge in [-0.05, 0) is 56.3 Å². The molecule has 3 aromatic rings. The highest BCUT2D eigenvalue weighted by molar-refractivity contribution is 6.33. The molecule has 30 heavy (non-hydrogen) atoms. The summed E-state index contributed by atoms with van der Waals surface area (Å²) in [5.74, 6) is -0.868. The fraction of sp³-hybridized carbons (Fsp3) is 0.136. The van der Waals surface area contributed by atoms with Gasteiger partial charge in [-0.15, -0.1) is 0 Å². The lowest BCUT2D eigenvalue weighted by atomic mass is 10.2. The molecule has 0 aliphatic rings. The Morgan fingerprint density at radius 1 is 1.17 bits per heavy atom. The predicted octanol–water partition coefficient (Wildman–Crippen LogP) is 4.22. The minimum atomic E-state index is -1.09. The molecule has 0 unspecified atom stereocenters. The number of ether oxygens (including phenoxy) is 1. The third kappa shape index (κ3) is 4.36. The summed E-state index contributed by atoms with van der Waals surface area (Å²) in [4.78, 5) is 23.6. The van der Waals surface area contributed by atoms with Crippen LogP contribution in [-0.4, -0.2) is 34.9 Å². The summed E-state index contributed by atoms with van der Waals surface area (Å²) in [6.07, 6.45) is 1.55. The molecule has 0 fully saturated rings. The van der Waals surface area contributed by atoms with E-state index in [1.165, 1.54) is 13.2 Å². The molecule has 154 valence electrons. The van der Waals surface area contributed by atoms with Gasteiger partial charge in [0.1, 0.15) is 5.75 Å². The number of carboxylic acid groups (broad SMARTS) is 1. The van der Waals surface area contributed by atoms with Crippen LogP contribution >= 0.6 is 11.6 Å². The molecule has 0 saturated carbocycles. The average molecular weight is 426 g/mol. The Bertz CT molecular complexity index is 1150. The van der Waals surface area contributed by atoms with Crippen molar-refractivity contribution in [1.82, 2.24) is 9.99 Å². The number of nitrogens with one attached hydrogen (secondary N) is 1. The number of hydrogen-bond acceptors (Lipinski definition) is 4. The Morgan fingerprint density at radius 2 is 1.93 bits per heavy atom. The number of methoxy groups -OCH3 is 1. The van der Waals surface area contributed by atoms with E-state index < -0.39 is 5.97 Å². The van der Waals surface area contributed by atoms with Gasteiger partial charge in [-0.1, -0.05) is 17.7 Å². The van der Waals surface area contributed by atoms with Crippen LogP contribution in [0.4, 0.5) is 0 Å². The summed E-state index contributed by atoms with van der Waals surface area (Å²) in [6, 6.07) is 13.5. The third-order valence-corrected chi connectivity index (χ3v) is 4.94. The maximum atomic E-state index is 12.3. The summed E-state index contributed by atoms with van der Waals surface area (Å²) in [5.41, 5.74) is 6.13. The first-order valence-electron chi connectivity index (χ1n) is 9.01. The number of hydrazone groups is 1. The van der Waals surface area contributed by atoms with E-state index in [4.69, 9.17) is 16.3 Å². The number of aromatic nitrogens is 1. The van der Waals surface area contributed by atoms with Crippen molar-refractivity contribution in [1.29, 1.82) is 0 Å². The largest absolute Gasteiger partial charge is 0.497 e. The van der Waals surface area contributed by atoms with E-state index in [1.54, 1.807) is 42.6 Å². The van der Waals surface area contributed by atoms with Crippen LogP contribution in [0.1, 0.15) is 37.7 Å². The first kappa shape index (κ1) is 21.1. The van der Waals surface area contributed by atoms with E-state index in [1.807, 2.05) is 24.5 Å². The van der Waals surface area contributed by atoms with Crippen LogP contribution in [0, 0.1) is 13.8 Å². The van der Waals surface area contributed by atoms with Crippen LogP contribution in [0.25, 0.3) is 5.69 Å². The molecule has 3 rings (SSSR count). The average Bonchev–Trinajstić information content (AvgIpc) is 3.01. The maximum absolute atomic E-state index is 12.3. The van der Waals surface area contributed by atoms with E-state index in [9.17, 15) is 14.7 Å². The van der Waals surface area contributed by atoms with E-state index in [2.05, 4.69) is 10.5 Å². The topological polar surface area (TPSA) is 92.9 Å². The van der Waals surface area contributed by atoms with Crippen molar-refractivity contribution in [2.75, 3.05) is 7.11 Å². The second-order valence-corrected chi connectivity index (χ2v) is 6.97. The van der Waals surface area contributed by atoms with Crippen LogP contribution in [0.2, 0.25) is 5.02 Å². The van der Waals surface area contributed by atoms with Gasteiger partial charge in [0.25, 0.3) is 5.91 Å². The summed E-state index contributed by atoms with van der Waals surface area (Å²) in [7, 11) is 1.53. The van der Waals surface area contributed by atoms with Gasteiger partial charge in [0.15, 0.2) is 0 Å². The highest BCUT2D eigenvalue weighted by atomic mass is 35.5. The lowest BCUT2D eigenvalue weighted by molar-refractivity contribution is 0.0696. The van der Waals surface area contributed by atoms with Gasteiger partial charge in [0.05, 0.1) is 23.9 Å². The fourth-order valence-corrected chi connectivity index (χ4v) is 3.32. The van der Waals surface area contributed by atoms with Gasteiger partial charge in [0.2, 0.25) is 0 Å². The van der Waals surface area contributed by atoms with Crippen LogP contribution in [0.15, 0.2) is 53.6 Å². The van der Waals surface area contributed by atoms with Crippen LogP contribution < -0.4 is 10.2 Å². The highest BCUT2D eigenvalue weighted by Gasteiger charge is 2.14. The monoisotopic (exact) mass is 425 g/mol. The molecule has 0 aliphatic carbocycles. The summed E-state index contributed by atoms with van der Waals surface area (Å²) >= 11 is 5.97. The Kier molecular flexibility index (Phi) is 6.23. The van der Waals surface area contributed by atoms with Crippen molar-refractivity contribution in [2.24, 2.45) is 5.10 Å². The smallest absolute Gasteiger partial charge is 0.337 e. The summed E-state index contributed by atoms with van der Waals surface area (Å²) < 4.78 is 7.01. The number of carbonyl (C=O) groups is 2. The highest BCUT2D eigenvalue weighted by Crippen LogP contribution is 2.24. The fourth-order valence-electron chi connectivity index (χ4n) is 3.12. The van der Waals surface area contributed by atoms with Crippen LogP contribution in [0.5, 0.6) is 5.75 Å². The van der Waals surface area contributed by atoms with Crippen LogP contribution in [-0.2, 0) is 0 Å². The number of rotatable bonds is 6. The lowest BCUT2D eigenvalue weighted by Gasteiger charge is -2.11. The Balaban J connectivity index is 1.83. The van der Waals surface area contributed by atoms with Crippen molar-refractivity contribution < 1.29 is 19.4 Å². The van der Waals surface area contributed by atoms with Crippen LogP contribution in [0.3, 0.4) is 0 Å². The van der Waals surface area contributed by atoms with Gasteiger partial charge in [0, 0.05) is 28.2 Å². The van der Waals surface area contributed by atoms with E-state index >= 15 is 0 Å². The number of benzene rings is 2. The molecular weight excluding hydrogens is 406 g/mol. The number of halogens is 1. The van der Waals surface area contributed by atoms with Crippen molar-refractivity contribution in [3.8, 4) is 11.4 Å². The Labute approximate surface area is 178 Å². The number of carboxylic acids is 1. The van der Waals surface area contributed by atoms with Crippen molar-refractivity contribution in [3.63, 3.8) is 0 Å². The van der Waals surface area contributed by atoms with Gasteiger partial charge in [-0.2, -0.15) is 5.10 Å². The molecule has 1 heterocycles. The first-order chi connectivity index (χ1) is 14.3. The minimum Gasteiger partial charge on any atom is -0.497 e. The molecule has 2 aromatic carbocycles. The number of nitrogens with zero attached hydrogens (tertiary/aromatic N) is 2. The molecule has 0 spiro atoms. The quantitative estimate of drug-likeness (QED) is 0.457. The first-order valence-corrected chi connectivity index (χ1v) is 9.39. The molecule has 1 aromatic heterocycles. The molecule has 0 aliphatic heterocycles. The molecule has 7 nitrogen and oxygen atoms in total. The number of aromatic carboxylic acids is 1. The molecule has 0 atom stereocenters. The second kappa shape index (κ2) is 8.84. The van der Waals surface area contributed by atoms with E-state index in [0.29, 0.717) is 17.0 Å². The minimum absolute atomic E-state index is 0.0300. The molecule has 8 heteroatoms. The normalized spacial score (nSPS) is 10.9. The Hall–Kier alpha value is -3.58. The van der Waals surface area contributed by atoms with E-state index in [0.717, 1.165) is 17.0 Å². The summed E-state index contributed by atoms with van der Waals surface area (Å²) in [6.45, 7) is 3.78. The van der Waals surface area contributed by atoms with Gasteiger partial charge in [-0.25, -0.2) is 10.2 Å². The zero-order valence-corrected chi connectivity index (χ0v) is 17.4. The van der Waals surface area contributed by atoms with Gasteiger partial charge in [-0.3, -0.25) is 4.79 Å². The molecule has 2 N–H and O–H groups in total. The molecule has 0 saturated heterocycles. The molecule has 0 bridgehead atoms.